The van der Waals surface area contributed by atoms with E-state index < -0.39 is 47.0 Å². The molecule has 10 heteroatoms. The molecule has 0 spiro atoms. The summed E-state index contributed by atoms with van der Waals surface area (Å²) in [6.45, 7) is -0.424. The van der Waals surface area contributed by atoms with E-state index in [1.54, 1.807) is 0 Å². The van der Waals surface area contributed by atoms with Gasteiger partial charge in [0, 0.05) is 19.1 Å². The van der Waals surface area contributed by atoms with E-state index in [4.69, 9.17) is 0 Å². The summed E-state index contributed by atoms with van der Waals surface area (Å²) >= 11 is 0. The molecular formula is C6H7F6O3S-. The lowest BCUT2D eigenvalue weighted by molar-refractivity contribution is -0.302. The minimum Gasteiger partial charge on any atom is -0.748 e. The molecule has 0 amide bonds. The first-order chi connectivity index (χ1) is 6.71. The van der Waals surface area contributed by atoms with Crippen molar-refractivity contribution in [2.24, 2.45) is 0 Å². The Morgan fingerprint density at radius 2 is 1.44 bits per heavy atom. The minimum atomic E-state index is -5.72. The Morgan fingerprint density at radius 1 is 1.06 bits per heavy atom. The molecule has 0 atom stereocenters. The molecule has 98 valence electrons. The number of hydrogen-bond acceptors (Lipinski definition) is 3. The molecular weight excluding hydrogens is 266 g/mol. The van der Waals surface area contributed by atoms with Crippen molar-refractivity contribution in [3.63, 3.8) is 0 Å². The summed E-state index contributed by atoms with van der Waals surface area (Å²) in [4.78, 5) is 0. The number of hydrogen-bond donors (Lipinski definition) is 0. The van der Waals surface area contributed by atoms with Crippen molar-refractivity contribution in [2.75, 3.05) is 5.75 Å². The summed E-state index contributed by atoms with van der Waals surface area (Å²) in [6.07, 6.45) is -2.16. The van der Waals surface area contributed by atoms with Crippen molar-refractivity contribution >= 4 is 10.1 Å². The molecule has 0 unspecified atom stereocenters. The van der Waals surface area contributed by atoms with E-state index in [0.717, 1.165) is 0 Å². The first kappa shape index (κ1) is 15.5. The summed E-state index contributed by atoms with van der Waals surface area (Å²) in [5.74, 6) is -17.9. The first-order valence-corrected chi connectivity index (χ1v) is 5.35. The normalized spacial score (nSPS) is 15.2. The van der Waals surface area contributed by atoms with Crippen LogP contribution in [0, 0.1) is 0 Å². The molecule has 0 aliphatic rings. The Balaban J connectivity index is 4.93. The summed E-state index contributed by atoms with van der Waals surface area (Å²) in [5, 5.41) is 0. The molecule has 0 bridgehead atoms. The second-order valence-corrected chi connectivity index (χ2v) is 4.70. The Morgan fingerprint density at radius 3 is 1.69 bits per heavy atom. The van der Waals surface area contributed by atoms with E-state index in [1.807, 2.05) is 0 Å². The molecule has 0 aliphatic carbocycles. The van der Waals surface area contributed by atoms with Gasteiger partial charge < -0.3 is 4.55 Å². The first-order valence-electron chi connectivity index (χ1n) is 3.78. The molecule has 0 heterocycles. The van der Waals surface area contributed by atoms with Crippen LogP contribution in [0.15, 0.2) is 0 Å². The maximum atomic E-state index is 12.6. The molecule has 0 radical (unpaired) electrons. The lowest BCUT2D eigenvalue weighted by Crippen LogP contribution is -2.53. The van der Waals surface area contributed by atoms with Crippen molar-refractivity contribution in [2.45, 2.75) is 31.1 Å². The predicted molar refractivity (Wildman–Crippen MR) is 39.7 cm³/mol. The number of rotatable bonds is 5. The van der Waals surface area contributed by atoms with Crippen LogP contribution in [-0.4, -0.2) is 36.5 Å². The van der Waals surface area contributed by atoms with Gasteiger partial charge in [-0.2, -0.15) is 26.3 Å². The Kier molecular flexibility index (Phi) is 3.93. The van der Waals surface area contributed by atoms with Gasteiger partial charge in [0.15, 0.2) is 0 Å². The molecule has 0 rings (SSSR count). The Hall–Kier alpha value is -0.510. The van der Waals surface area contributed by atoms with E-state index in [1.165, 1.54) is 0 Å². The second kappa shape index (κ2) is 4.06. The molecule has 3 nitrogen and oxygen atoms in total. The maximum Gasteiger partial charge on any atom is 0.371 e. The predicted octanol–water partition coefficient (Wildman–Crippen LogP) is 1.85. The van der Waals surface area contributed by atoms with Gasteiger partial charge in [-0.25, -0.2) is 8.42 Å². The van der Waals surface area contributed by atoms with Gasteiger partial charge >= 0.3 is 17.8 Å². The molecule has 0 saturated carbocycles. The highest BCUT2D eigenvalue weighted by atomic mass is 32.2. The van der Waals surface area contributed by atoms with Crippen molar-refractivity contribution in [1.29, 1.82) is 0 Å². The zero-order valence-electron chi connectivity index (χ0n) is 7.81. The van der Waals surface area contributed by atoms with Crippen LogP contribution >= 0.6 is 0 Å². The van der Waals surface area contributed by atoms with Gasteiger partial charge in [-0.1, -0.05) is 0 Å². The third kappa shape index (κ3) is 3.51. The number of alkyl halides is 6. The van der Waals surface area contributed by atoms with E-state index in [2.05, 4.69) is 0 Å². The monoisotopic (exact) mass is 273 g/mol. The van der Waals surface area contributed by atoms with E-state index in [9.17, 15) is 39.3 Å². The Bertz CT molecular complexity index is 344. The lowest BCUT2D eigenvalue weighted by atomic mass is 10.0. The molecule has 0 aromatic heterocycles. The lowest BCUT2D eigenvalue weighted by Gasteiger charge is -2.30. The quantitative estimate of drug-likeness (QED) is 0.567. The van der Waals surface area contributed by atoms with Crippen molar-refractivity contribution < 1.29 is 39.3 Å². The standard InChI is InChI=1S/C6H8F6O3S/c1-4(7,8)6(11,12)5(9,10)2-3-16(13,14)15/h2-3H2,1H3,(H,13,14,15)/p-1. The van der Waals surface area contributed by atoms with Gasteiger partial charge in [-0.3, -0.25) is 0 Å². The highest BCUT2D eigenvalue weighted by Crippen LogP contribution is 2.47. The van der Waals surface area contributed by atoms with Gasteiger partial charge in [0.1, 0.15) is 0 Å². The molecule has 0 aromatic carbocycles. The highest BCUT2D eigenvalue weighted by Gasteiger charge is 2.68. The third-order valence-electron chi connectivity index (χ3n) is 1.68. The fourth-order valence-corrected chi connectivity index (χ4v) is 1.24. The molecule has 0 N–H and O–H groups in total. The van der Waals surface area contributed by atoms with Gasteiger partial charge in [-0.05, 0) is 0 Å². The van der Waals surface area contributed by atoms with Crippen LogP contribution in [0.4, 0.5) is 26.3 Å². The SMILES string of the molecule is CC(F)(F)C(F)(F)C(F)(F)CCS(=O)(=O)[O-]. The van der Waals surface area contributed by atoms with Gasteiger partial charge in [0.2, 0.25) is 0 Å². The molecule has 16 heavy (non-hydrogen) atoms. The van der Waals surface area contributed by atoms with Crippen LogP contribution in [0.5, 0.6) is 0 Å². The Labute approximate surface area is 87.2 Å². The molecule has 0 fully saturated rings. The van der Waals surface area contributed by atoms with Crippen molar-refractivity contribution in [1.82, 2.24) is 0 Å². The van der Waals surface area contributed by atoms with E-state index in [0.29, 0.717) is 0 Å². The van der Waals surface area contributed by atoms with Crippen LogP contribution in [0.2, 0.25) is 0 Å². The average molecular weight is 273 g/mol. The highest BCUT2D eigenvalue weighted by molar-refractivity contribution is 7.85. The minimum absolute atomic E-state index is 0.424. The van der Waals surface area contributed by atoms with Crippen LogP contribution in [-0.2, 0) is 10.1 Å². The topological polar surface area (TPSA) is 57.2 Å². The number of halogens is 6. The third-order valence-corrected chi connectivity index (χ3v) is 2.38. The van der Waals surface area contributed by atoms with Gasteiger partial charge in [0.05, 0.1) is 10.1 Å². The summed E-state index contributed by atoms with van der Waals surface area (Å²) in [6, 6.07) is 0. The zero-order chi connectivity index (χ0) is 13.4. The summed E-state index contributed by atoms with van der Waals surface area (Å²) in [7, 11) is -5.17. The van der Waals surface area contributed by atoms with E-state index in [-0.39, 0.29) is 0 Å². The smallest absolute Gasteiger partial charge is 0.371 e. The zero-order valence-corrected chi connectivity index (χ0v) is 8.63. The largest absolute Gasteiger partial charge is 0.748 e. The fraction of sp³-hybridized carbons (Fsp3) is 1.00. The van der Waals surface area contributed by atoms with Crippen molar-refractivity contribution in [3.8, 4) is 0 Å². The van der Waals surface area contributed by atoms with E-state index >= 15 is 0 Å². The average Bonchev–Trinajstić information content (AvgIpc) is 1.97. The van der Waals surface area contributed by atoms with Crippen LogP contribution < -0.4 is 0 Å². The van der Waals surface area contributed by atoms with Crippen LogP contribution in [0.1, 0.15) is 13.3 Å². The van der Waals surface area contributed by atoms with Gasteiger partial charge in [-0.15, -0.1) is 0 Å². The summed E-state index contributed by atoms with van der Waals surface area (Å²) in [5.41, 5.74) is 0. The second-order valence-electron chi connectivity index (χ2n) is 3.18. The fourth-order valence-electron chi connectivity index (χ4n) is 0.731. The van der Waals surface area contributed by atoms with Crippen LogP contribution in [0.25, 0.3) is 0 Å². The van der Waals surface area contributed by atoms with Gasteiger partial charge in [0.25, 0.3) is 0 Å². The molecule has 0 aliphatic heterocycles. The van der Waals surface area contributed by atoms with Crippen molar-refractivity contribution in [3.05, 3.63) is 0 Å². The van der Waals surface area contributed by atoms with Crippen LogP contribution in [0.3, 0.4) is 0 Å². The summed E-state index contributed by atoms with van der Waals surface area (Å²) < 4.78 is 104. The molecule has 0 saturated heterocycles. The maximum absolute atomic E-state index is 12.6. The molecule has 0 aromatic rings.